The quantitative estimate of drug-likeness (QED) is 0.891. The first kappa shape index (κ1) is 17.2. The van der Waals surface area contributed by atoms with Crippen LogP contribution in [0.1, 0.15) is 37.8 Å². The molecule has 7 heteroatoms. The van der Waals surface area contributed by atoms with Gasteiger partial charge in [0.1, 0.15) is 0 Å². The fourth-order valence-electron chi connectivity index (χ4n) is 2.67. The van der Waals surface area contributed by atoms with Gasteiger partial charge in [-0.15, -0.1) is 0 Å². The van der Waals surface area contributed by atoms with Crippen LogP contribution < -0.4 is 4.72 Å². The Hall–Kier alpha value is -1.11. The molecule has 0 radical (unpaired) electrons. The van der Waals surface area contributed by atoms with E-state index in [0.717, 1.165) is 24.8 Å². The van der Waals surface area contributed by atoms with Crippen molar-refractivity contribution in [1.29, 1.82) is 0 Å². The van der Waals surface area contributed by atoms with Crippen LogP contribution in [0.4, 0.5) is 0 Å². The molecule has 1 saturated heterocycles. The number of sulfonamides is 1. The maximum Gasteiger partial charge on any atom is 0.238 e. The van der Waals surface area contributed by atoms with Crippen LogP contribution >= 0.6 is 11.6 Å². The number of hydrogen-bond acceptors (Lipinski definition) is 3. The van der Waals surface area contributed by atoms with E-state index in [0.29, 0.717) is 11.6 Å². The van der Waals surface area contributed by atoms with E-state index < -0.39 is 10.0 Å². The zero-order valence-electron chi connectivity index (χ0n) is 12.6. The molecule has 5 nitrogen and oxygen atoms in total. The molecule has 1 fully saturated rings. The Kier molecular flexibility index (Phi) is 5.83. The normalized spacial score (nSPS) is 19.2. The van der Waals surface area contributed by atoms with E-state index in [-0.39, 0.29) is 24.2 Å². The standard InChI is InChI=1S/C15H21ClN2O3S/c1-2-22(20,21)17-11-15(19)18-9-4-3-8-14(18)12-6-5-7-13(16)10-12/h5-7,10,14,17H,2-4,8-9,11H2,1H3/t14-/m1/s1. The van der Waals surface area contributed by atoms with Crippen molar-refractivity contribution in [1.82, 2.24) is 9.62 Å². The van der Waals surface area contributed by atoms with E-state index in [1.165, 1.54) is 0 Å². The van der Waals surface area contributed by atoms with Crippen LogP contribution in [0.25, 0.3) is 0 Å². The van der Waals surface area contributed by atoms with Crippen molar-refractivity contribution in [3.63, 3.8) is 0 Å². The average molecular weight is 345 g/mol. The highest BCUT2D eigenvalue weighted by Gasteiger charge is 2.28. The lowest BCUT2D eigenvalue weighted by atomic mass is 9.95. The maximum absolute atomic E-state index is 12.4. The lowest BCUT2D eigenvalue weighted by Crippen LogP contribution is -2.44. The summed E-state index contributed by atoms with van der Waals surface area (Å²) in [6, 6.07) is 7.46. The summed E-state index contributed by atoms with van der Waals surface area (Å²) in [6.45, 7) is 2.00. The maximum atomic E-state index is 12.4. The monoisotopic (exact) mass is 344 g/mol. The minimum absolute atomic E-state index is 0.0298. The molecule has 2 rings (SSSR count). The van der Waals surface area contributed by atoms with E-state index in [4.69, 9.17) is 11.6 Å². The summed E-state index contributed by atoms with van der Waals surface area (Å²) in [5.74, 6) is -0.223. The summed E-state index contributed by atoms with van der Waals surface area (Å²) < 4.78 is 25.3. The van der Waals surface area contributed by atoms with Crippen LogP contribution in [0.3, 0.4) is 0 Å². The largest absolute Gasteiger partial charge is 0.335 e. The van der Waals surface area contributed by atoms with E-state index in [9.17, 15) is 13.2 Å². The Morgan fingerprint density at radius 1 is 1.41 bits per heavy atom. The Bertz CT molecular complexity index is 633. The summed E-state index contributed by atoms with van der Waals surface area (Å²) in [5, 5.41) is 0.641. The van der Waals surface area contributed by atoms with E-state index in [1.807, 2.05) is 18.2 Å². The number of benzene rings is 1. The molecule has 1 aliphatic heterocycles. The molecule has 0 spiro atoms. The zero-order valence-corrected chi connectivity index (χ0v) is 14.2. The Balaban J connectivity index is 2.11. The second-order valence-electron chi connectivity index (χ2n) is 5.38. The number of hydrogen-bond donors (Lipinski definition) is 1. The van der Waals surface area contributed by atoms with E-state index in [1.54, 1.807) is 17.9 Å². The third-order valence-electron chi connectivity index (χ3n) is 3.88. The molecule has 0 saturated carbocycles. The zero-order chi connectivity index (χ0) is 16.2. The molecule has 122 valence electrons. The van der Waals surface area contributed by atoms with Gasteiger partial charge in [0.25, 0.3) is 0 Å². The Morgan fingerprint density at radius 2 is 2.18 bits per heavy atom. The Morgan fingerprint density at radius 3 is 2.86 bits per heavy atom. The Labute approximate surface area is 136 Å². The molecule has 22 heavy (non-hydrogen) atoms. The number of halogens is 1. The molecule has 0 aliphatic carbocycles. The number of nitrogens with one attached hydrogen (secondary N) is 1. The molecule has 1 amide bonds. The molecule has 0 unspecified atom stereocenters. The number of nitrogens with zero attached hydrogens (tertiary/aromatic N) is 1. The minimum Gasteiger partial charge on any atom is -0.335 e. The molecule has 0 bridgehead atoms. The topological polar surface area (TPSA) is 66.5 Å². The number of amides is 1. The van der Waals surface area contributed by atoms with Crippen LogP contribution in [0.5, 0.6) is 0 Å². The van der Waals surface area contributed by atoms with Crippen LogP contribution in [0.2, 0.25) is 5.02 Å². The van der Waals surface area contributed by atoms with Crippen molar-refractivity contribution in [3.8, 4) is 0 Å². The lowest BCUT2D eigenvalue weighted by molar-refractivity contribution is -0.133. The summed E-state index contributed by atoms with van der Waals surface area (Å²) in [5.41, 5.74) is 0.999. The van der Waals surface area contributed by atoms with Crippen LogP contribution in [-0.4, -0.2) is 38.1 Å². The number of carbonyl (C=O) groups excluding carboxylic acids is 1. The van der Waals surface area contributed by atoms with E-state index in [2.05, 4.69) is 4.72 Å². The molecule has 1 atom stereocenters. The number of likely N-dealkylation sites (tertiary alicyclic amines) is 1. The van der Waals surface area contributed by atoms with Crippen LogP contribution in [0, 0.1) is 0 Å². The predicted octanol–water partition coefficient (Wildman–Crippen LogP) is 2.33. The van der Waals surface area contributed by atoms with Crippen molar-refractivity contribution in [3.05, 3.63) is 34.9 Å². The van der Waals surface area contributed by atoms with Gasteiger partial charge < -0.3 is 4.90 Å². The fraction of sp³-hybridized carbons (Fsp3) is 0.533. The SMILES string of the molecule is CCS(=O)(=O)NCC(=O)N1CCCC[C@@H]1c1cccc(Cl)c1. The third kappa shape index (κ3) is 4.44. The van der Waals surface area contributed by atoms with Gasteiger partial charge in [-0.25, -0.2) is 13.1 Å². The first-order chi connectivity index (χ1) is 10.4. The molecule has 1 aromatic rings. The number of carbonyl (C=O) groups is 1. The van der Waals surface area contributed by atoms with Crippen molar-refractivity contribution < 1.29 is 13.2 Å². The highest BCUT2D eigenvalue weighted by molar-refractivity contribution is 7.89. The second kappa shape index (κ2) is 7.44. The number of piperidine rings is 1. The van der Waals surface area contributed by atoms with E-state index >= 15 is 0 Å². The number of rotatable bonds is 5. The fourth-order valence-corrected chi connectivity index (χ4v) is 3.41. The first-order valence-electron chi connectivity index (χ1n) is 7.45. The molecule has 1 heterocycles. The molecule has 1 aromatic carbocycles. The molecular weight excluding hydrogens is 324 g/mol. The van der Waals surface area contributed by atoms with Gasteiger partial charge in [0.05, 0.1) is 18.3 Å². The van der Waals surface area contributed by atoms with Gasteiger partial charge in [-0.3, -0.25) is 4.79 Å². The van der Waals surface area contributed by atoms with Crippen molar-refractivity contribution in [2.75, 3.05) is 18.8 Å². The van der Waals surface area contributed by atoms with Gasteiger partial charge in [-0.05, 0) is 43.9 Å². The van der Waals surface area contributed by atoms with Gasteiger partial charge >= 0.3 is 0 Å². The average Bonchev–Trinajstić information content (AvgIpc) is 2.53. The van der Waals surface area contributed by atoms with Crippen molar-refractivity contribution in [2.45, 2.75) is 32.2 Å². The highest BCUT2D eigenvalue weighted by Crippen LogP contribution is 2.31. The van der Waals surface area contributed by atoms with Crippen LogP contribution in [-0.2, 0) is 14.8 Å². The molecule has 1 aliphatic rings. The van der Waals surface area contributed by atoms with Gasteiger partial charge in [0.15, 0.2) is 0 Å². The summed E-state index contributed by atoms with van der Waals surface area (Å²) >= 11 is 6.04. The molecule has 1 N–H and O–H groups in total. The second-order valence-corrected chi connectivity index (χ2v) is 7.91. The van der Waals surface area contributed by atoms with Crippen molar-refractivity contribution in [2.24, 2.45) is 0 Å². The summed E-state index contributed by atoms with van der Waals surface area (Å²) in [6.07, 6.45) is 2.84. The predicted molar refractivity (Wildman–Crippen MR) is 87.2 cm³/mol. The third-order valence-corrected chi connectivity index (χ3v) is 5.46. The smallest absolute Gasteiger partial charge is 0.238 e. The molecule has 0 aromatic heterocycles. The first-order valence-corrected chi connectivity index (χ1v) is 9.48. The van der Waals surface area contributed by atoms with Crippen molar-refractivity contribution >= 4 is 27.5 Å². The minimum atomic E-state index is -3.36. The van der Waals surface area contributed by atoms with Gasteiger partial charge in [-0.1, -0.05) is 23.7 Å². The molecular formula is C15H21ClN2O3S. The van der Waals surface area contributed by atoms with Gasteiger partial charge in [0, 0.05) is 11.6 Å². The summed E-state index contributed by atoms with van der Waals surface area (Å²) in [4.78, 5) is 14.2. The highest BCUT2D eigenvalue weighted by atomic mass is 35.5. The summed E-state index contributed by atoms with van der Waals surface area (Å²) in [7, 11) is -3.36. The van der Waals surface area contributed by atoms with Gasteiger partial charge in [0.2, 0.25) is 15.9 Å². The van der Waals surface area contributed by atoms with Gasteiger partial charge in [-0.2, -0.15) is 0 Å². The van der Waals surface area contributed by atoms with Crippen LogP contribution in [0.15, 0.2) is 24.3 Å². The lowest BCUT2D eigenvalue weighted by Gasteiger charge is -2.36.